The van der Waals surface area contributed by atoms with Gasteiger partial charge in [0.05, 0.1) is 11.8 Å². The molecule has 0 amide bonds. The van der Waals surface area contributed by atoms with E-state index in [0.29, 0.717) is 0 Å². The minimum Gasteiger partial charge on any atom is -0.420 e. The van der Waals surface area contributed by atoms with Gasteiger partial charge in [0.25, 0.3) is 0 Å². The number of esters is 1. The molecule has 0 unspecified atom stereocenters. The van der Waals surface area contributed by atoms with E-state index in [1.165, 1.54) is 12.1 Å². The summed E-state index contributed by atoms with van der Waals surface area (Å²) in [5.41, 5.74) is 0.193. The van der Waals surface area contributed by atoms with Crippen LogP contribution in [-0.2, 0) is 14.4 Å². The van der Waals surface area contributed by atoms with Gasteiger partial charge >= 0.3 is 12.1 Å². The van der Waals surface area contributed by atoms with Crippen LogP contribution in [-0.4, -0.2) is 35.2 Å². The van der Waals surface area contributed by atoms with Crippen molar-refractivity contribution in [2.75, 3.05) is 6.54 Å². The normalized spacial score (nSPS) is 12.6. The van der Waals surface area contributed by atoms with Gasteiger partial charge in [0, 0.05) is 4.92 Å². The maximum atomic E-state index is 12.1. The van der Waals surface area contributed by atoms with Crippen molar-refractivity contribution in [3.05, 3.63) is 39.9 Å². The summed E-state index contributed by atoms with van der Waals surface area (Å²) in [6, 6.07) is 4.35. The number of benzene rings is 1. The average Bonchev–Trinajstić information content (AvgIpc) is 2.45. The van der Waals surface area contributed by atoms with Gasteiger partial charge in [0.15, 0.2) is 0 Å². The quantitative estimate of drug-likeness (QED) is 0.243. The van der Waals surface area contributed by atoms with E-state index in [4.69, 9.17) is 0 Å². The number of Topliss-reactive ketones (excluding diaryl/α,β-unsaturated/α-hetero) is 2. The van der Waals surface area contributed by atoms with Crippen molar-refractivity contribution in [3.63, 3.8) is 0 Å². The van der Waals surface area contributed by atoms with Crippen molar-refractivity contribution in [3.8, 4) is 5.75 Å². The number of alkyl halides is 3. The molecule has 25 heavy (non-hydrogen) atoms. The molecule has 10 heteroatoms. The highest BCUT2D eigenvalue weighted by Crippen LogP contribution is 2.29. The van der Waals surface area contributed by atoms with Crippen LogP contribution in [0.15, 0.2) is 24.3 Å². The van der Waals surface area contributed by atoms with E-state index in [-0.39, 0.29) is 5.56 Å². The summed E-state index contributed by atoms with van der Waals surface area (Å²) in [6.45, 7) is 1.53. The number of halogens is 3. The molecule has 7 nitrogen and oxygen atoms in total. The molecular formula is C15H14F3NO6. The molecule has 1 rings (SSSR count). The number of carbonyl (C=O) groups excluding carboxylic acids is 3. The number of ether oxygens (including phenoxy) is 1. The fraction of sp³-hybridized carbons (Fsp3) is 0.400. The molecule has 0 saturated heterocycles. The van der Waals surface area contributed by atoms with Crippen LogP contribution in [0.2, 0.25) is 0 Å². The Morgan fingerprint density at radius 3 is 1.96 bits per heavy atom. The lowest BCUT2D eigenvalue weighted by molar-refractivity contribution is -0.484. The molecule has 0 fully saturated rings. The largest absolute Gasteiger partial charge is 0.491 e. The summed E-state index contributed by atoms with van der Waals surface area (Å²) in [5, 5.41) is 10.8. The fourth-order valence-corrected chi connectivity index (χ4v) is 2.36. The molecular weight excluding hydrogens is 347 g/mol. The van der Waals surface area contributed by atoms with Crippen LogP contribution in [0.3, 0.4) is 0 Å². The van der Waals surface area contributed by atoms with Gasteiger partial charge in [-0.1, -0.05) is 12.1 Å². The van der Waals surface area contributed by atoms with E-state index in [1.54, 1.807) is 0 Å². The zero-order valence-corrected chi connectivity index (χ0v) is 13.2. The summed E-state index contributed by atoms with van der Waals surface area (Å²) in [7, 11) is 0. The van der Waals surface area contributed by atoms with Crippen LogP contribution >= 0.6 is 0 Å². The van der Waals surface area contributed by atoms with Crippen molar-refractivity contribution in [1.82, 2.24) is 0 Å². The molecule has 0 aliphatic carbocycles. The summed E-state index contributed by atoms with van der Waals surface area (Å²) in [5.74, 6) is -6.30. The SMILES string of the molecule is CC(=O)C(C(C)=O)[C@@H](C[N+](=O)[O-])c1ccc(OC(=O)C(F)(F)F)cc1. The van der Waals surface area contributed by atoms with E-state index < -0.39 is 52.8 Å². The fourth-order valence-electron chi connectivity index (χ4n) is 2.36. The highest BCUT2D eigenvalue weighted by Gasteiger charge is 2.41. The van der Waals surface area contributed by atoms with Gasteiger partial charge < -0.3 is 4.74 Å². The van der Waals surface area contributed by atoms with E-state index in [0.717, 1.165) is 26.0 Å². The molecule has 0 bridgehead atoms. The summed E-state index contributed by atoms with van der Waals surface area (Å²) in [6.07, 6.45) is -5.17. The summed E-state index contributed by atoms with van der Waals surface area (Å²) >= 11 is 0. The van der Waals surface area contributed by atoms with Crippen LogP contribution in [0.1, 0.15) is 25.3 Å². The Balaban J connectivity index is 3.12. The van der Waals surface area contributed by atoms with Crippen LogP contribution in [0.5, 0.6) is 5.75 Å². The zero-order chi connectivity index (χ0) is 19.4. The van der Waals surface area contributed by atoms with Gasteiger partial charge in [0.2, 0.25) is 6.54 Å². The number of nitrogens with zero attached hydrogens (tertiary/aromatic N) is 1. The van der Waals surface area contributed by atoms with E-state index in [1.807, 2.05) is 0 Å². The Morgan fingerprint density at radius 2 is 1.60 bits per heavy atom. The molecule has 0 N–H and O–H groups in total. The molecule has 136 valence electrons. The highest BCUT2D eigenvalue weighted by atomic mass is 19.4. The number of ketones is 2. The number of carbonyl (C=O) groups is 3. The first-order valence-corrected chi connectivity index (χ1v) is 6.95. The third-order valence-electron chi connectivity index (χ3n) is 3.37. The summed E-state index contributed by atoms with van der Waals surface area (Å²) in [4.78, 5) is 44.2. The van der Waals surface area contributed by atoms with E-state index >= 15 is 0 Å². The molecule has 1 aromatic rings. The van der Waals surface area contributed by atoms with Gasteiger partial charge in [-0.3, -0.25) is 19.7 Å². The van der Waals surface area contributed by atoms with Gasteiger partial charge in [-0.05, 0) is 31.5 Å². The predicted molar refractivity (Wildman–Crippen MR) is 77.6 cm³/mol. The number of hydrogen-bond donors (Lipinski definition) is 0. The monoisotopic (exact) mass is 361 g/mol. The molecule has 0 radical (unpaired) electrons. The second-order valence-corrected chi connectivity index (χ2v) is 5.28. The van der Waals surface area contributed by atoms with Crippen molar-refractivity contribution in [2.45, 2.75) is 25.9 Å². The minimum atomic E-state index is -5.17. The Kier molecular flexibility index (Phi) is 6.37. The molecule has 0 aliphatic rings. The number of hydrogen-bond acceptors (Lipinski definition) is 6. The van der Waals surface area contributed by atoms with Gasteiger partial charge in [0.1, 0.15) is 17.3 Å². The van der Waals surface area contributed by atoms with Crippen molar-refractivity contribution in [1.29, 1.82) is 0 Å². The third-order valence-corrected chi connectivity index (χ3v) is 3.37. The van der Waals surface area contributed by atoms with Gasteiger partial charge in [-0.2, -0.15) is 13.2 Å². The maximum Gasteiger partial charge on any atom is 0.491 e. The Labute approximate surface area is 139 Å². The van der Waals surface area contributed by atoms with Crippen molar-refractivity contribution in [2.24, 2.45) is 5.92 Å². The lowest BCUT2D eigenvalue weighted by atomic mass is 9.81. The standard InChI is InChI=1S/C15H14F3NO6/c1-8(20)13(9(2)21)12(7-19(23)24)10-3-5-11(6-4-10)25-14(22)15(16,17)18/h3-6,12-13H,7H2,1-2H3/t12-/m0/s1. The smallest absolute Gasteiger partial charge is 0.420 e. The topological polar surface area (TPSA) is 104 Å². The minimum absolute atomic E-state index is 0.193. The second-order valence-electron chi connectivity index (χ2n) is 5.28. The van der Waals surface area contributed by atoms with Crippen molar-refractivity contribution < 1.29 is 37.2 Å². The van der Waals surface area contributed by atoms with Crippen LogP contribution in [0.4, 0.5) is 13.2 Å². The Morgan fingerprint density at radius 1 is 1.12 bits per heavy atom. The van der Waals surface area contributed by atoms with Crippen LogP contribution < -0.4 is 4.74 Å². The lowest BCUT2D eigenvalue weighted by Crippen LogP contribution is -2.31. The highest BCUT2D eigenvalue weighted by molar-refractivity contribution is 6.01. The van der Waals surface area contributed by atoms with Crippen LogP contribution in [0, 0.1) is 16.0 Å². The molecule has 1 aromatic carbocycles. The van der Waals surface area contributed by atoms with E-state index in [2.05, 4.69) is 4.74 Å². The van der Waals surface area contributed by atoms with E-state index in [9.17, 15) is 37.7 Å². The van der Waals surface area contributed by atoms with Crippen molar-refractivity contribution >= 4 is 17.5 Å². The number of rotatable bonds is 7. The van der Waals surface area contributed by atoms with Gasteiger partial charge in [-0.25, -0.2) is 4.79 Å². The Bertz CT molecular complexity index is 670. The van der Waals surface area contributed by atoms with Crippen LogP contribution in [0.25, 0.3) is 0 Å². The first-order valence-electron chi connectivity index (χ1n) is 6.95. The number of nitro groups is 1. The molecule has 0 aromatic heterocycles. The summed E-state index contributed by atoms with van der Waals surface area (Å²) < 4.78 is 40.6. The Hall–Kier alpha value is -2.78. The maximum absolute atomic E-state index is 12.1. The zero-order valence-electron chi connectivity index (χ0n) is 13.2. The molecule has 1 atom stereocenters. The van der Waals surface area contributed by atoms with Gasteiger partial charge in [-0.15, -0.1) is 0 Å². The molecule has 0 aliphatic heterocycles. The first kappa shape index (κ1) is 20.3. The third kappa shape index (κ3) is 5.66. The predicted octanol–water partition coefficient (Wildman–Crippen LogP) is 2.31. The lowest BCUT2D eigenvalue weighted by Gasteiger charge is -2.20. The molecule has 0 heterocycles. The second kappa shape index (κ2) is 7.86. The molecule has 0 spiro atoms. The average molecular weight is 361 g/mol. The molecule has 0 saturated carbocycles. The first-order chi connectivity index (χ1) is 11.4.